The van der Waals surface area contributed by atoms with Crippen molar-refractivity contribution in [1.29, 1.82) is 0 Å². The highest BCUT2D eigenvalue weighted by Crippen LogP contribution is 2.34. The molecule has 2 N–H and O–H groups in total. The zero-order chi connectivity index (χ0) is 18.9. The average molecular weight is 362 g/mol. The fraction of sp³-hybridized carbons (Fsp3) is 0.455. The topological polar surface area (TPSA) is 40.5 Å². The molecular weight excluding hydrogens is 334 g/mol. The minimum absolute atomic E-state index is 0.171. The molecule has 2 nitrogen and oxygen atoms in total. The maximum atomic E-state index is 13.8. The second kappa shape index (κ2) is 10.1. The van der Waals surface area contributed by atoms with E-state index < -0.39 is 11.6 Å². The summed E-state index contributed by atoms with van der Waals surface area (Å²) in [5, 5.41) is 18.9. The standard InChI is InChI=1S/C22H28F2O2/c1-2-3-4-5-6-7-8-9-18(16-10-12-21(25)19(23)14-16)17-11-13-22(26)20(24)15-17/h10-15,18,25-26H,2-9H2,1H3. The Balaban J connectivity index is 2.08. The van der Waals surface area contributed by atoms with Crippen molar-refractivity contribution >= 4 is 0 Å². The third-order valence-corrected chi connectivity index (χ3v) is 4.84. The normalized spacial score (nSPS) is 11.2. The molecule has 4 heteroatoms. The summed E-state index contributed by atoms with van der Waals surface area (Å²) in [6.45, 7) is 2.19. The molecule has 0 unspecified atom stereocenters. The number of benzene rings is 2. The summed E-state index contributed by atoms with van der Waals surface area (Å²) in [6.07, 6.45) is 8.95. The molecule has 142 valence electrons. The second-order valence-electron chi connectivity index (χ2n) is 6.88. The Morgan fingerprint density at radius 3 is 1.65 bits per heavy atom. The molecule has 2 aromatic carbocycles. The van der Waals surface area contributed by atoms with Crippen molar-refractivity contribution in [3.63, 3.8) is 0 Å². The molecule has 2 aromatic rings. The van der Waals surface area contributed by atoms with E-state index in [4.69, 9.17) is 0 Å². The van der Waals surface area contributed by atoms with Crippen LogP contribution < -0.4 is 0 Å². The van der Waals surface area contributed by atoms with Crippen LogP contribution in [0.4, 0.5) is 8.78 Å². The second-order valence-corrected chi connectivity index (χ2v) is 6.88. The number of phenols is 2. The smallest absolute Gasteiger partial charge is 0.165 e. The maximum Gasteiger partial charge on any atom is 0.165 e. The minimum atomic E-state index is -0.675. The first kappa shape index (κ1) is 20.2. The van der Waals surface area contributed by atoms with E-state index in [1.54, 1.807) is 12.1 Å². The van der Waals surface area contributed by atoms with Gasteiger partial charge in [0.2, 0.25) is 0 Å². The molecule has 0 saturated carbocycles. The molecule has 0 spiro atoms. The molecule has 0 amide bonds. The van der Waals surface area contributed by atoms with Gasteiger partial charge in [-0.2, -0.15) is 0 Å². The van der Waals surface area contributed by atoms with Crippen LogP contribution in [-0.4, -0.2) is 10.2 Å². The van der Waals surface area contributed by atoms with Crippen LogP contribution in [0.2, 0.25) is 0 Å². The van der Waals surface area contributed by atoms with Gasteiger partial charge in [-0.05, 0) is 41.8 Å². The van der Waals surface area contributed by atoms with E-state index in [-0.39, 0.29) is 17.4 Å². The molecule has 0 aliphatic heterocycles. The largest absolute Gasteiger partial charge is 0.505 e. The van der Waals surface area contributed by atoms with Gasteiger partial charge < -0.3 is 10.2 Å². The van der Waals surface area contributed by atoms with Gasteiger partial charge >= 0.3 is 0 Å². The number of unbranched alkanes of at least 4 members (excludes halogenated alkanes) is 6. The molecule has 0 bridgehead atoms. The van der Waals surface area contributed by atoms with Crippen molar-refractivity contribution in [1.82, 2.24) is 0 Å². The van der Waals surface area contributed by atoms with Gasteiger partial charge in [0.15, 0.2) is 23.1 Å². The van der Waals surface area contributed by atoms with E-state index >= 15 is 0 Å². The van der Waals surface area contributed by atoms with Gasteiger partial charge in [-0.1, -0.05) is 64.0 Å². The van der Waals surface area contributed by atoms with Crippen molar-refractivity contribution in [2.75, 3.05) is 0 Å². The molecule has 0 fully saturated rings. The molecule has 0 atom stereocenters. The number of aromatic hydroxyl groups is 2. The fourth-order valence-electron chi connectivity index (χ4n) is 3.31. The van der Waals surface area contributed by atoms with Crippen LogP contribution in [0, 0.1) is 11.6 Å². The van der Waals surface area contributed by atoms with Crippen molar-refractivity contribution in [2.45, 2.75) is 64.2 Å². The average Bonchev–Trinajstić information content (AvgIpc) is 2.62. The van der Waals surface area contributed by atoms with Crippen molar-refractivity contribution in [3.05, 3.63) is 59.2 Å². The number of hydrogen-bond acceptors (Lipinski definition) is 2. The van der Waals surface area contributed by atoms with Crippen LogP contribution in [0.25, 0.3) is 0 Å². The first-order chi connectivity index (χ1) is 12.5. The Bertz CT molecular complexity index is 649. The molecule has 0 radical (unpaired) electrons. The SMILES string of the molecule is CCCCCCCCCC(c1ccc(O)c(F)c1)c1ccc(O)c(F)c1. The van der Waals surface area contributed by atoms with Crippen molar-refractivity contribution < 1.29 is 19.0 Å². The van der Waals surface area contributed by atoms with Gasteiger partial charge in [0.1, 0.15) is 0 Å². The highest BCUT2D eigenvalue weighted by molar-refractivity contribution is 5.38. The van der Waals surface area contributed by atoms with Crippen LogP contribution in [0.15, 0.2) is 36.4 Å². The van der Waals surface area contributed by atoms with Gasteiger partial charge in [-0.15, -0.1) is 0 Å². The van der Waals surface area contributed by atoms with Crippen LogP contribution in [-0.2, 0) is 0 Å². The third-order valence-electron chi connectivity index (χ3n) is 4.84. The summed E-state index contributed by atoms with van der Waals surface area (Å²) in [4.78, 5) is 0. The molecule has 2 rings (SSSR count). The molecular formula is C22H28F2O2. The Labute approximate surface area is 154 Å². The van der Waals surface area contributed by atoms with E-state index in [0.717, 1.165) is 19.3 Å². The predicted octanol–water partition coefficient (Wildman–Crippen LogP) is 6.65. The number of hydrogen-bond donors (Lipinski definition) is 2. The van der Waals surface area contributed by atoms with E-state index in [9.17, 15) is 19.0 Å². The molecule has 0 saturated heterocycles. The predicted molar refractivity (Wildman–Crippen MR) is 101 cm³/mol. The molecule has 0 aromatic heterocycles. The zero-order valence-electron chi connectivity index (χ0n) is 15.3. The minimum Gasteiger partial charge on any atom is -0.505 e. The summed E-state index contributed by atoms with van der Waals surface area (Å²) in [7, 11) is 0. The van der Waals surface area contributed by atoms with E-state index in [2.05, 4.69) is 6.92 Å². The number of phenolic OH excluding ortho intramolecular Hbond substituents is 2. The Morgan fingerprint density at radius 2 is 1.19 bits per heavy atom. The van der Waals surface area contributed by atoms with Crippen LogP contribution in [0.3, 0.4) is 0 Å². The summed E-state index contributed by atoms with van der Waals surface area (Å²) < 4.78 is 27.6. The highest BCUT2D eigenvalue weighted by atomic mass is 19.1. The number of halogens is 2. The van der Waals surface area contributed by atoms with Gasteiger partial charge in [-0.25, -0.2) is 8.78 Å². The Hall–Kier alpha value is -2.10. The Morgan fingerprint density at radius 1 is 0.731 bits per heavy atom. The fourth-order valence-corrected chi connectivity index (χ4v) is 3.31. The first-order valence-electron chi connectivity index (χ1n) is 9.49. The van der Waals surface area contributed by atoms with Gasteiger partial charge in [0.25, 0.3) is 0 Å². The van der Waals surface area contributed by atoms with Crippen LogP contribution in [0.1, 0.15) is 75.3 Å². The summed E-state index contributed by atoms with van der Waals surface area (Å²) in [5.41, 5.74) is 1.41. The zero-order valence-corrected chi connectivity index (χ0v) is 15.3. The summed E-state index contributed by atoms with van der Waals surface area (Å²) in [6, 6.07) is 8.64. The highest BCUT2D eigenvalue weighted by Gasteiger charge is 2.17. The van der Waals surface area contributed by atoms with Crippen LogP contribution >= 0.6 is 0 Å². The van der Waals surface area contributed by atoms with Crippen LogP contribution in [0.5, 0.6) is 11.5 Å². The van der Waals surface area contributed by atoms with E-state index in [1.165, 1.54) is 56.4 Å². The first-order valence-corrected chi connectivity index (χ1v) is 9.49. The van der Waals surface area contributed by atoms with Gasteiger partial charge in [-0.3, -0.25) is 0 Å². The lowest BCUT2D eigenvalue weighted by molar-refractivity contribution is 0.430. The lowest BCUT2D eigenvalue weighted by atomic mass is 9.86. The summed E-state index contributed by atoms with van der Waals surface area (Å²) >= 11 is 0. The van der Waals surface area contributed by atoms with Gasteiger partial charge in [0, 0.05) is 5.92 Å². The van der Waals surface area contributed by atoms with Crippen molar-refractivity contribution in [2.24, 2.45) is 0 Å². The van der Waals surface area contributed by atoms with E-state index in [1.807, 2.05) is 0 Å². The molecule has 0 aliphatic carbocycles. The monoisotopic (exact) mass is 362 g/mol. The molecule has 0 aliphatic rings. The lowest BCUT2D eigenvalue weighted by Gasteiger charge is -2.19. The lowest BCUT2D eigenvalue weighted by Crippen LogP contribution is -2.03. The van der Waals surface area contributed by atoms with E-state index in [0.29, 0.717) is 11.1 Å². The molecule has 26 heavy (non-hydrogen) atoms. The third kappa shape index (κ3) is 5.72. The quantitative estimate of drug-likeness (QED) is 0.465. The number of rotatable bonds is 10. The van der Waals surface area contributed by atoms with Crippen molar-refractivity contribution in [3.8, 4) is 11.5 Å². The molecule has 0 heterocycles. The summed E-state index contributed by atoms with van der Waals surface area (Å²) in [5.74, 6) is -2.30. The Kier molecular flexibility index (Phi) is 7.89. The van der Waals surface area contributed by atoms with Gasteiger partial charge in [0.05, 0.1) is 0 Å². The maximum absolute atomic E-state index is 13.8.